The van der Waals surface area contributed by atoms with Gasteiger partial charge >= 0.3 is 0 Å². The number of benzene rings is 2. The summed E-state index contributed by atoms with van der Waals surface area (Å²) in [5.41, 5.74) is 4.45. The summed E-state index contributed by atoms with van der Waals surface area (Å²) >= 11 is 1.50. The number of rotatable bonds is 5. The van der Waals surface area contributed by atoms with Crippen molar-refractivity contribution >= 4 is 38.2 Å². The minimum absolute atomic E-state index is 0.0474. The van der Waals surface area contributed by atoms with E-state index in [-0.39, 0.29) is 17.9 Å². The summed E-state index contributed by atoms with van der Waals surface area (Å²) in [4.78, 5) is 36.0. The Balaban J connectivity index is 1.58. The van der Waals surface area contributed by atoms with Gasteiger partial charge in [-0.05, 0) is 24.5 Å². The average molecular weight is 428 g/mol. The molecule has 2 aromatic carbocycles. The second-order valence-electron chi connectivity index (χ2n) is 7.58. The number of aromatic nitrogens is 3. The molecule has 1 N–H and O–H groups in total. The van der Waals surface area contributed by atoms with Gasteiger partial charge in [0.05, 0.1) is 18.3 Å². The maximum atomic E-state index is 13.4. The molecular formula is C25H21N3O2S. The van der Waals surface area contributed by atoms with E-state index in [1.54, 1.807) is 6.20 Å². The van der Waals surface area contributed by atoms with Crippen molar-refractivity contribution in [1.29, 1.82) is 0 Å². The molecule has 6 heteroatoms. The zero-order valence-corrected chi connectivity index (χ0v) is 18.1. The molecule has 0 atom stereocenters. The molecule has 31 heavy (non-hydrogen) atoms. The molecule has 5 aromatic rings. The maximum Gasteiger partial charge on any atom is 0.263 e. The number of carbonyl (C=O) groups excluding carboxylic acids is 1. The van der Waals surface area contributed by atoms with Crippen molar-refractivity contribution in [2.45, 2.75) is 26.8 Å². The van der Waals surface area contributed by atoms with E-state index >= 15 is 0 Å². The number of ketones is 1. The highest BCUT2D eigenvalue weighted by Gasteiger charge is 2.19. The molecule has 0 unspecified atom stereocenters. The SMILES string of the molecule is CCc1cccc2c(C(=O)Cn3cnc4sc(C)c(-c5ccccc5)c4c3=O)c[nH]c12. The Morgan fingerprint density at radius 2 is 1.94 bits per heavy atom. The fourth-order valence-electron chi connectivity index (χ4n) is 4.18. The molecule has 154 valence electrons. The lowest BCUT2D eigenvalue weighted by Gasteiger charge is -2.06. The molecule has 0 bridgehead atoms. The molecule has 0 saturated carbocycles. The Kier molecular flexibility index (Phi) is 4.79. The Labute approximate surface area is 183 Å². The van der Waals surface area contributed by atoms with E-state index in [0.717, 1.165) is 38.9 Å². The highest BCUT2D eigenvalue weighted by atomic mass is 32.1. The molecule has 3 aromatic heterocycles. The lowest BCUT2D eigenvalue weighted by molar-refractivity contribution is 0.0972. The van der Waals surface area contributed by atoms with Gasteiger partial charge in [0.1, 0.15) is 4.83 Å². The van der Waals surface area contributed by atoms with E-state index in [2.05, 4.69) is 23.0 Å². The van der Waals surface area contributed by atoms with Gasteiger partial charge in [0.2, 0.25) is 0 Å². The number of fused-ring (bicyclic) bond motifs is 2. The highest BCUT2D eigenvalue weighted by Crippen LogP contribution is 2.35. The predicted molar refractivity (Wildman–Crippen MR) is 126 cm³/mol. The Morgan fingerprint density at radius 3 is 2.71 bits per heavy atom. The first-order valence-corrected chi connectivity index (χ1v) is 11.1. The number of Topliss-reactive ketones (excluding diaryl/α,β-unsaturated/α-hetero) is 1. The van der Waals surface area contributed by atoms with Crippen molar-refractivity contribution < 1.29 is 4.79 Å². The summed E-state index contributed by atoms with van der Waals surface area (Å²) in [6, 6.07) is 15.8. The lowest BCUT2D eigenvalue weighted by Crippen LogP contribution is -2.24. The molecule has 0 fully saturated rings. The molecule has 0 aliphatic carbocycles. The lowest BCUT2D eigenvalue weighted by atomic mass is 10.0. The molecular weight excluding hydrogens is 406 g/mol. The zero-order valence-electron chi connectivity index (χ0n) is 17.3. The fourth-order valence-corrected chi connectivity index (χ4v) is 5.19. The summed E-state index contributed by atoms with van der Waals surface area (Å²) < 4.78 is 1.42. The summed E-state index contributed by atoms with van der Waals surface area (Å²) in [7, 11) is 0. The molecule has 3 heterocycles. The number of H-pyrrole nitrogens is 1. The number of nitrogens with one attached hydrogen (secondary N) is 1. The number of aromatic amines is 1. The van der Waals surface area contributed by atoms with Crippen LogP contribution in [0.3, 0.4) is 0 Å². The van der Waals surface area contributed by atoms with Crippen molar-refractivity contribution in [1.82, 2.24) is 14.5 Å². The maximum absolute atomic E-state index is 13.4. The summed E-state index contributed by atoms with van der Waals surface area (Å²) in [6.07, 6.45) is 4.11. The van der Waals surface area contributed by atoms with Crippen LogP contribution in [0, 0.1) is 6.92 Å². The summed E-state index contributed by atoms with van der Waals surface area (Å²) in [5.74, 6) is -0.115. The van der Waals surface area contributed by atoms with Crippen LogP contribution in [0.4, 0.5) is 0 Å². The van der Waals surface area contributed by atoms with Crippen LogP contribution in [0.5, 0.6) is 0 Å². The van der Waals surface area contributed by atoms with Gasteiger partial charge in [-0.3, -0.25) is 14.2 Å². The van der Waals surface area contributed by atoms with Gasteiger partial charge in [-0.1, -0.05) is 55.5 Å². The standard InChI is InChI=1S/C25H21N3O2S/c1-3-16-10-7-11-18-19(12-26-23(16)18)20(29)13-28-14-27-24-22(25(28)30)21(15(2)31-24)17-8-5-4-6-9-17/h4-12,14,26H,3,13H2,1-2H3. The van der Waals surface area contributed by atoms with Crippen LogP contribution in [0.1, 0.15) is 27.7 Å². The first-order valence-electron chi connectivity index (χ1n) is 10.2. The van der Waals surface area contributed by atoms with E-state index in [9.17, 15) is 9.59 Å². The molecule has 0 spiro atoms. The van der Waals surface area contributed by atoms with Crippen LogP contribution in [0.25, 0.3) is 32.2 Å². The summed E-state index contributed by atoms with van der Waals surface area (Å²) in [6.45, 7) is 4.04. The largest absolute Gasteiger partial charge is 0.360 e. The number of carbonyl (C=O) groups is 1. The van der Waals surface area contributed by atoms with Crippen LogP contribution < -0.4 is 5.56 Å². The van der Waals surface area contributed by atoms with E-state index in [4.69, 9.17) is 0 Å². The third kappa shape index (κ3) is 3.20. The van der Waals surface area contributed by atoms with Gasteiger partial charge in [-0.15, -0.1) is 11.3 Å². The third-order valence-corrected chi connectivity index (χ3v) is 6.73. The van der Waals surface area contributed by atoms with Gasteiger partial charge in [0.25, 0.3) is 5.56 Å². The number of nitrogens with zero attached hydrogens (tertiary/aromatic N) is 2. The first kappa shape index (κ1) is 19.5. The van der Waals surface area contributed by atoms with Gasteiger partial charge in [-0.25, -0.2) is 4.98 Å². The summed E-state index contributed by atoms with van der Waals surface area (Å²) in [5, 5.41) is 1.47. The third-order valence-electron chi connectivity index (χ3n) is 5.71. The Bertz CT molecular complexity index is 1490. The van der Waals surface area contributed by atoms with Crippen molar-refractivity contribution in [2.75, 3.05) is 0 Å². The zero-order chi connectivity index (χ0) is 21.5. The van der Waals surface area contributed by atoms with Gasteiger partial charge in [0.15, 0.2) is 5.78 Å². The van der Waals surface area contributed by atoms with Crippen LogP contribution in [-0.2, 0) is 13.0 Å². The Hall–Kier alpha value is -3.51. The number of aryl methyl sites for hydroxylation is 2. The molecule has 0 amide bonds. The number of hydrogen-bond donors (Lipinski definition) is 1. The van der Waals surface area contributed by atoms with Crippen LogP contribution in [0.15, 0.2) is 65.8 Å². The van der Waals surface area contributed by atoms with Gasteiger partial charge < -0.3 is 4.98 Å². The number of hydrogen-bond acceptors (Lipinski definition) is 4. The molecule has 0 radical (unpaired) electrons. The smallest absolute Gasteiger partial charge is 0.263 e. The van der Waals surface area contributed by atoms with Crippen LogP contribution >= 0.6 is 11.3 Å². The van der Waals surface area contributed by atoms with E-state index < -0.39 is 0 Å². The van der Waals surface area contributed by atoms with Crippen LogP contribution in [0.2, 0.25) is 0 Å². The monoisotopic (exact) mass is 427 g/mol. The minimum atomic E-state index is -0.185. The van der Waals surface area contributed by atoms with Gasteiger partial charge in [0, 0.05) is 33.1 Å². The van der Waals surface area contributed by atoms with Crippen molar-refractivity contribution in [3.63, 3.8) is 0 Å². The first-order chi connectivity index (χ1) is 15.1. The van der Waals surface area contributed by atoms with Crippen LogP contribution in [-0.4, -0.2) is 20.3 Å². The van der Waals surface area contributed by atoms with Crippen molar-refractivity contribution in [2.24, 2.45) is 0 Å². The van der Waals surface area contributed by atoms with Crippen molar-refractivity contribution in [3.05, 3.63) is 87.4 Å². The number of para-hydroxylation sites is 1. The average Bonchev–Trinajstić information content (AvgIpc) is 3.37. The molecule has 0 aliphatic heterocycles. The normalized spacial score (nSPS) is 11.4. The predicted octanol–water partition coefficient (Wildman–Crippen LogP) is 5.36. The van der Waals surface area contributed by atoms with Crippen molar-refractivity contribution in [3.8, 4) is 11.1 Å². The quantitative estimate of drug-likeness (QED) is 0.384. The molecule has 0 aliphatic rings. The number of thiophene rings is 1. The molecule has 0 saturated heterocycles. The second-order valence-corrected chi connectivity index (χ2v) is 8.78. The van der Waals surface area contributed by atoms with E-state index in [1.807, 2.05) is 49.4 Å². The van der Waals surface area contributed by atoms with E-state index in [0.29, 0.717) is 15.8 Å². The second kappa shape index (κ2) is 7.63. The molecule has 5 nitrogen and oxygen atoms in total. The molecule has 5 rings (SSSR count). The Morgan fingerprint density at radius 1 is 1.13 bits per heavy atom. The topological polar surface area (TPSA) is 67.8 Å². The van der Waals surface area contributed by atoms with Gasteiger partial charge in [-0.2, -0.15) is 0 Å². The van der Waals surface area contributed by atoms with E-state index in [1.165, 1.54) is 22.2 Å². The fraction of sp³-hybridized carbons (Fsp3) is 0.160. The highest BCUT2D eigenvalue weighted by molar-refractivity contribution is 7.19. The minimum Gasteiger partial charge on any atom is -0.360 e.